The van der Waals surface area contributed by atoms with Crippen LogP contribution in [0.25, 0.3) is 10.8 Å². The molecule has 3 rings (SSSR count). The Kier molecular flexibility index (Phi) is 4.29. The summed E-state index contributed by atoms with van der Waals surface area (Å²) in [6.45, 7) is 0. The van der Waals surface area contributed by atoms with Gasteiger partial charge in [-0.2, -0.15) is 0 Å². The molecule has 0 saturated carbocycles. The first-order valence-corrected chi connectivity index (χ1v) is 7.96. The van der Waals surface area contributed by atoms with Crippen molar-refractivity contribution in [3.8, 4) is 0 Å². The van der Waals surface area contributed by atoms with E-state index in [0.717, 1.165) is 9.50 Å². The lowest BCUT2D eigenvalue weighted by atomic mass is 9.96. The minimum atomic E-state index is 0.136. The summed E-state index contributed by atoms with van der Waals surface area (Å²) in [6, 6.07) is 21.0. The molecule has 1 nitrogen and oxygen atoms in total. The lowest BCUT2D eigenvalue weighted by Crippen LogP contribution is -2.17. The topological polar surface area (TPSA) is 12.0 Å². The molecule has 106 valence electrons. The third kappa shape index (κ3) is 3.13. The third-order valence-electron chi connectivity index (χ3n) is 3.63. The quantitative estimate of drug-likeness (QED) is 0.644. The number of nitrogens with one attached hydrogen (secondary N) is 1. The van der Waals surface area contributed by atoms with E-state index >= 15 is 0 Å². The average molecular weight is 361 g/mol. The molecule has 3 aromatic rings. The van der Waals surface area contributed by atoms with Gasteiger partial charge in [0.25, 0.3) is 0 Å². The van der Waals surface area contributed by atoms with Crippen LogP contribution in [0.15, 0.2) is 65.1 Å². The Morgan fingerprint density at radius 1 is 0.905 bits per heavy atom. The van der Waals surface area contributed by atoms with Crippen molar-refractivity contribution < 1.29 is 0 Å². The molecule has 0 heterocycles. The van der Waals surface area contributed by atoms with Gasteiger partial charge in [-0.05, 0) is 59.3 Å². The molecule has 0 aliphatic rings. The van der Waals surface area contributed by atoms with Crippen molar-refractivity contribution in [2.75, 3.05) is 7.05 Å². The summed E-state index contributed by atoms with van der Waals surface area (Å²) < 4.78 is 1.10. The molecule has 0 amide bonds. The van der Waals surface area contributed by atoms with Crippen LogP contribution in [0.1, 0.15) is 17.2 Å². The van der Waals surface area contributed by atoms with Crippen molar-refractivity contribution in [2.24, 2.45) is 0 Å². The highest BCUT2D eigenvalue weighted by atomic mass is 79.9. The summed E-state index contributed by atoms with van der Waals surface area (Å²) in [5.74, 6) is 0. The number of halogens is 2. The molecule has 0 aromatic heterocycles. The fourth-order valence-electron chi connectivity index (χ4n) is 2.63. The van der Waals surface area contributed by atoms with E-state index in [0.29, 0.717) is 0 Å². The lowest BCUT2D eigenvalue weighted by Gasteiger charge is -2.18. The van der Waals surface area contributed by atoms with E-state index in [1.807, 2.05) is 25.2 Å². The van der Waals surface area contributed by atoms with Crippen LogP contribution < -0.4 is 5.32 Å². The van der Waals surface area contributed by atoms with Gasteiger partial charge in [0.1, 0.15) is 0 Å². The van der Waals surface area contributed by atoms with Crippen LogP contribution in [0.4, 0.5) is 0 Å². The highest BCUT2D eigenvalue weighted by Gasteiger charge is 2.12. The maximum Gasteiger partial charge on any atom is 0.0575 e. The van der Waals surface area contributed by atoms with Crippen molar-refractivity contribution in [3.63, 3.8) is 0 Å². The summed E-state index contributed by atoms with van der Waals surface area (Å²) in [5, 5.41) is 6.60. The number of fused-ring (bicyclic) bond motifs is 1. The van der Waals surface area contributed by atoms with Crippen molar-refractivity contribution in [1.29, 1.82) is 0 Å². The van der Waals surface area contributed by atoms with Crippen LogP contribution in [0.5, 0.6) is 0 Å². The van der Waals surface area contributed by atoms with Crippen LogP contribution in [0.2, 0.25) is 5.02 Å². The van der Waals surface area contributed by atoms with E-state index in [1.54, 1.807) is 0 Å². The van der Waals surface area contributed by atoms with Gasteiger partial charge in [0.05, 0.1) is 6.04 Å². The predicted octanol–water partition coefficient (Wildman–Crippen LogP) is 5.56. The first-order valence-electron chi connectivity index (χ1n) is 6.79. The molecule has 0 spiro atoms. The summed E-state index contributed by atoms with van der Waals surface area (Å²) in [5.41, 5.74) is 2.40. The molecule has 0 saturated heterocycles. The van der Waals surface area contributed by atoms with E-state index in [9.17, 15) is 0 Å². The second-order valence-corrected chi connectivity index (χ2v) is 6.38. The molecule has 0 aliphatic carbocycles. The lowest BCUT2D eigenvalue weighted by molar-refractivity contribution is 0.693. The maximum absolute atomic E-state index is 6.11. The third-order valence-corrected chi connectivity index (χ3v) is 4.36. The molecule has 0 radical (unpaired) electrons. The van der Waals surface area contributed by atoms with Gasteiger partial charge in [-0.25, -0.2) is 0 Å². The summed E-state index contributed by atoms with van der Waals surface area (Å²) >= 11 is 9.62. The van der Waals surface area contributed by atoms with Crippen LogP contribution in [-0.4, -0.2) is 7.05 Å². The van der Waals surface area contributed by atoms with Crippen molar-refractivity contribution in [2.45, 2.75) is 6.04 Å². The molecule has 0 bridgehead atoms. The van der Waals surface area contributed by atoms with Gasteiger partial charge in [0.2, 0.25) is 0 Å². The Bertz CT molecular complexity index is 785. The predicted molar refractivity (Wildman–Crippen MR) is 94.0 cm³/mol. The Labute approximate surface area is 138 Å². The monoisotopic (exact) mass is 359 g/mol. The standard InChI is InChI=1S/C18H15BrClN/c1-21-18(14-3-2-4-17(20)11-14)15-6-5-13-10-16(19)8-7-12(13)9-15/h2-11,18,21H,1H3. The van der Waals surface area contributed by atoms with Crippen LogP contribution in [0.3, 0.4) is 0 Å². The smallest absolute Gasteiger partial charge is 0.0575 e. The van der Waals surface area contributed by atoms with E-state index in [4.69, 9.17) is 11.6 Å². The molecule has 0 aliphatic heterocycles. The van der Waals surface area contributed by atoms with Gasteiger partial charge >= 0.3 is 0 Å². The highest BCUT2D eigenvalue weighted by molar-refractivity contribution is 9.10. The molecule has 3 aromatic carbocycles. The molecule has 0 fully saturated rings. The second-order valence-electron chi connectivity index (χ2n) is 5.03. The molecular formula is C18H15BrClN. The molecule has 1 unspecified atom stereocenters. The van der Waals surface area contributed by atoms with Crippen LogP contribution >= 0.6 is 27.5 Å². The summed E-state index contributed by atoms with van der Waals surface area (Å²) in [4.78, 5) is 0. The van der Waals surface area contributed by atoms with E-state index in [-0.39, 0.29) is 6.04 Å². The van der Waals surface area contributed by atoms with Crippen LogP contribution in [-0.2, 0) is 0 Å². The first-order chi connectivity index (χ1) is 10.2. The first kappa shape index (κ1) is 14.6. The van der Waals surface area contributed by atoms with Gasteiger partial charge in [0, 0.05) is 9.50 Å². The fraction of sp³-hybridized carbons (Fsp3) is 0.111. The summed E-state index contributed by atoms with van der Waals surface area (Å²) in [7, 11) is 1.97. The van der Waals surface area contributed by atoms with Gasteiger partial charge < -0.3 is 5.32 Å². The number of hydrogen-bond acceptors (Lipinski definition) is 1. The van der Waals surface area contributed by atoms with Gasteiger partial charge in [-0.1, -0.05) is 57.9 Å². The van der Waals surface area contributed by atoms with Gasteiger partial charge in [0.15, 0.2) is 0 Å². The summed E-state index contributed by atoms with van der Waals surface area (Å²) in [6.07, 6.45) is 0. The molecule has 1 N–H and O–H groups in total. The highest BCUT2D eigenvalue weighted by Crippen LogP contribution is 2.28. The molecular weight excluding hydrogens is 346 g/mol. The molecule has 21 heavy (non-hydrogen) atoms. The van der Waals surface area contributed by atoms with Crippen LogP contribution in [0, 0.1) is 0 Å². The maximum atomic E-state index is 6.11. The zero-order valence-electron chi connectivity index (χ0n) is 11.6. The minimum Gasteiger partial charge on any atom is -0.309 e. The van der Waals surface area contributed by atoms with E-state index in [2.05, 4.69) is 63.7 Å². The zero-order chi connectivity index (χ0) is 14.8. The Morgan fingerprint density at radius 3 is 2.38 bits per heavy atom. The normalized spacial score (nSPS) is 12.5. The molecule has 1 atom stereocenters. The fourth-order valence-corrected chi connectivity index (χ4v) is 3.20. The van der Waals surface area contributed by atoms with Gasteiger partial charge in [-0.15, -0.1) is 0 Å². The average Bonchev–Trinajstić information content (AvgIpc) is 2.48. The van der Waals surface area contributed by atoms with Crippen molar-refractivity contribution >= 4 is 38.3 Å². The number of benzene rings is 3. The Balaban J connectivity index is 2.06. The molecule has 3 heteroatoms. The number of hydrogen-bond donors (Lipinski definition) is 1. The Morgan fingerprint density at radius 2 is 1.62 bits per heavy atom. The van der Waals surface area contributed by atoms with Gasteiger partial charge in [-0.3, -0.25) is 0 Å². The van der Waals surface area contributed by atoms with Crippen molar-refractivity contribution in [1.82, 2.24) is 5.32 Å². The van der Waals surface area contributed by atoms with E-state index < -0.39 is 0 Å². The minimum absolute atomic E-state index is 0.136. The zero-order valence-corrected chi connectivity index (χ0v) is 13.9. The largest absolute Gasteiger partial charge is 0.309 e. The SMILES string of the molecule is CNC(c1cccc(Cl)c1)c1ccc2cc(Br)ccc2c1. The number of rotatable bonds is 3. The van der Waals surface area contributed by atoms with Crippen molar-refractivity contribution in [3.05, 3.63) is 81.3 Å². The second kappa shape index (κ2) is 6.18. The Hall–Kier alpha value is -1.35. The van der Waals surface area contributed by atoms with E-state index in [1.165, 1.54) is 21.9 Å².